The molecule has 3 rings (SSSR count). The van der Waals surface area contributed by atoms with Crippen LogP contribution in [-0.2, 0) is 12.8 Å². The van der Waals surface area contributed by atoms with Gasteiger partial charge >= 0.3 is 6.03 Å². The van der Waals surface area contributed by atoms with E-state index < -0.39 is 6.10 Å². The summed E-state index contributed by atoms with van der Waals surface area (Å²) in [5, 5.41) is 20.4. The zero-order valence-electron chi connectivity index (χ0n) is 25.1. The quantitative estimate of drug-likeness (QED) is 0.125. The molecule has 1 fully saturated rings. The summed E-state index contributed by atoms with van der Waals surface area (Å²) < 4.78 is 5.83. The first kappa shape index (κ1) is 32.5. The second-order valence-electron chi connectivity index (χ2n) is 11.1. The molecule has 1 atom stereocenters. The maximum atomic E-state index is 12.5. The molecule has 1 aliphatic heterocycles. The maximum absolute atomic E-state index is 12.5. The predicted molar refractivity (Wildman–Crippen MR) is 170 cm³/mol. The van der Waals surface area contributed by atoms with Crippen LogP contribution in [0.1, 0.15) is 69.4 Å². The third-order valence-corrected chi connectivity index (χ3v) is 7.65. The number of benzene rings is 2. The van der Waals surface area contributed by atoms with Crippen LogP contribution in [-0.4, -0.2) is 67.5 Å². The van der Waals surface area contributed by atoms with Gasteiger partial charge in [0.15, 0.2) is 0 Å². The van der Waals surface area contributed by atoms with Crippen molar-refractivity contribution in [3.63, 3.8) is 0 Å². The Balaban J connectivity index is 1.25. The molecule has 1 aliphatic rings. The van der Waals surface area contributed by atoms with Gasteiger partial charge in [0, 0.05) is 37.9 Å². The topological polar surface area (TPSA) is 85.9 Å². The van der Waals surface area contributed by atoms with Crippen LogP contribution in [0, 0.1) is 0 Å². The lowest BCUT2D eigenvalue weighted by molar-refractivity contribution is 0.106. The highest BCUT2D eigenvalue weighted by Crippen LogP contribution is 2.19. The Morgan fingerprint density at radius 3 is 2.54 bits per heavy atom. The van der Waals surface area contributed by atoms with E-state index >= 15 is 0 Å². The van der Waals surface area contributed by atoms with Crippen molar-refractivity contribution in [1.29, 1.82) is 0 Å². The highest BCUT2D eigenvalue weighted by molar-refractivity contribution is 5.74. The van der Waals surface area contributed by atoms with E-state index in [-0.39, 0.29) is 12.6 Å². The molecule has 7 heteroatoms. The van der Waals surface area contributed by atoms with Crippen molar-refractivity contribution in [2.75, 3.05) is 44.6 Å². The van der Waals surface area contributed by atoms with Gasteiger partial charge in [-0.25, -0.2) is 4.79 Å². The minimum absolute atomic E-state index is 0.0869. The van der Waals surface area contributed by atoms with E-state index in [1.54, 1.807) is 0 Å². The van der Waals surface area contributed by atoms with E-state index in [0.29, 0.717) is 12.6 Å². The number of nitrogens with one attached hydrogen (secondary N) is 3. The third-order valence-electron chi connectivity index (χ3n) is 7.65. The minimum atomic E-state index is -0.573. The van der Waals surface area contributed by atoms with Crippen molar-refractivity contribution in [2.24, 2.45) is 0 Å². The van der Waals surface area contributed by atoms with Gasteiger partial charge < -0.3 is 30.7 Å². The SMILES string of the molecule is C=CCc1ccccc1OC[C@@H](O)CNCCc1ccc(NC2CCN(C(=O)NCCCCCCCC)CC2)cc1. The van der Waals surface area contributed by atoms with Crippen LogP contribution in [0.25, 0.3) is 0 Å². The molecule has 7 nitrogen and oxygen atoms in total. The smallest absolute Gasteiger partial charge is 0.317 e. The molecule has 0 saturated carbocycles. The summed E-state index contributed by atoms with van der Waals surface area (Å²) in [6, 6.07) is 16.9. The van der Waals surface area contributed by atoms with E-state index in [1.807, 2.05) is 35.2 Å². The predicted octanol–water partition coefficient (Wildman–Crippen LogP) is 5.93. The number of unbranched alkanes of at least 4 members (excludes halogenated alkanes) is 5. The molecule has 1 saturated heterocycles. The van der Waals surface area contributed by atoms with E-state index in [2.05, 4.69) is 53.7 Å². The van der Waals surface area contributed by atoms with Crippen molar-refractivity contribution in [3.8, 4) is 5.75 Å². The number of amides is 2. The molecule has 0 aromatic heterocycles. The Bertz CT molecular complexity index is 1010. The average molecular weight is 565 g/mol. The first-order valence-electron chi connectivity index (χ1n) is 15.7. The standard InChI is InChI=1S/C34H52N4O3/c1-3-5-6-7-8-11-22-36-34(40)38-24-20-31(21-25-38)37-30-17-15-28(16-18-30)19-23-35-26-32(39)27-41-33-14-10-9-13-29(33)12-4-2/h4,9-10,13-18,31-32,35,37,39H,2-3,5-8,11-12,19-27H2,1H3,(H,36,40)/t32-/m0/s1. The van der Waals surface area contributed by atoms with Crippen molar-refractivity contribution in [1.82, 2.24) is 15.5 Å². The Morgan fingerprint density at radius 2 is 1.78 bits per heavy atom. The molecule has 226 valence electrons. The van der Waals surface area contributed by atoms with Crippen LogP contribution in [0.15, 0.2) is 61.2 Å². The third kappa shape index (κ3) is 12.6. The van der Waals surface area contributed by atoms with Gasteiger partial charge in [-0.3, -0.25) is 0 Å². The number of anilines is 1. The second-order valence-corrected chi connectivity index (χ2v) is 11.1. The second kappa shape index (κ2) is 19.2. The molecule has 0 aliphatic carbocycles. The van der Waals surface area contributed by atoms with E-state index in [4.69, 9.17) is 4.74 Å². The number of nitrogens with zero attached hydrogens (tertiary/aromatic N) is 1. The van der Waals surface area contributed by atoms with Crippen molar-refractivity contribution in [3.05, 3.63) is 72.3 Å². The lowest BCUT2D eigenvalue weighted by atomic mass is 10.0. The highest BCUT2D eigenvalue weighted by atomic mass is 16.5. The lowest BCUT2D eigenvalue weighted by Crippen LogP contribution is -2.47. The average Bonchev–Trinajstić information content (AvgIpc) is 2.99. The van der Waals surface area contributed by atoms with Crippen molar-refractivity contribution >= 4 is 11.7 Å². The fourth-order valence-corrected chi connectivity index (χ4v) is 5.16. The normalized spacial score (nSPS) is 14.4. The molecule has 2 amide bonds. The number of hydrogen-bond donors (Lipinski definition) is 4. The Kier molecular flexibility index (Phi) is 15.2. The number of hydrogen-bond acceptors (Lipinski definition) is 5. The molecule has 4 N–H and O–H groups in total. The van der Waals surface area contributed by atoms with Gasteiger partial charge in [-0.05, 0) is 68.0 Å². The molecule has 0 radical (unpaired) electrons. The number of aliphatic hydroxyl groups excluding tert-OH is 1. The molecule has 0 bridgehead atoms. The largest absolute Gasteiger partial charge is 0.491 e. The molecule has 2 aromatic carbocycles. The summed E-state index contributed by atoms with van der Waals surface area (Å²) in [5.74, 6) is 0.801. The van der Waals surface area contributed by atoms with Gasteiger partial charge in [0.05, 0.1) is 0 Å². The van der Waals surface area contributed by atoms with Crippen LogP contribution in [0.3, 0.4) is 0 Å². The molecular formula is C34H52N4O3. The number of rotatable bonds is 19. The number of likely N-dealkylation sites (tertiary alicyclic amines) is 1. The number of allylic oxidation sites excluding steroid dienone is 1. The minimum Gasteiger partial charge on any atom is -0.491 e. The fourth-order valence-electron chi connectivity index (χ4n) is 5.16. The molecular weight excluding hydrogens is 512 g/mol. The van der Waals surface area contributed by atoms with Gasteiger partial charge in [-0.2, -0.15) is 0 Å². The van der Waals surface area contributed by atoms with Crippen LogP contribution >= 0.6 is 0 Å². The number of carbonyl (C=O) groups excluding carboxylic acids is 1. The van der Waals surface area contributed by atoms with Crippen molar-refractivity contribution in [2.45, 2.75) is 83.3 Å². The molecule has 0 unspecified atom stereocenters. The summed E-state index contributed by atoms with van der Waals surface area (Å²) in [4.78, 5) is 14.4. The number of carbonyl (C=O) groups is 1. The van der Waals surface area contributed by atoms with Gasteiger partial charge in [-0.15, -0.1) is 6.58 Å². The molecule has 41 heavy (non-hydrogen) atoms. The van der Waals surface area contributed by atoms with Gasteiger partial charge in [0.25, 0.3) is 0 Å². The summed E-state index contributed by atoms with van der Waals surface area (Å²) >= 11 is 0. The summed E-state index contributed by atoms with van der Waals surface area (Å²) in [6.45, 7) is 9.92. The Labute approximate surface area is 247 Å². The summed E-state index contributed by atoms with van der Waals surface area (Å²) in [7, 11) is 0. The van der Waals surface area contributed by atoms with E-state index in [0.717, 1.165) is 75.3 Å². The van der Waals surface area contributed by atoms with Crippen LogP contribution in [0.4, 0.5) is 10.5 Å². The van der Waals surface area contributed by atoms with Gasteiger partial charge in [0.2, 0.25) is 0 Å². The number of ether oxygens (including phenoxy) is 1. The Hall–Kier alpha value is -3.03. The monoisotopic (exact) mass is 564 g/mol. The molecule has 0 spiro atoms. The zero-order chi connectivity index (χ0) is 29.1. The Morgan fingerprint density at radius 1 is 1.05 bits per heavy atom. The lowest BCUT2D eigenvalue weighted by Gasteiger charge is -2.33. The first-order valence-corrected chi connectivity index (χ1v) is 15.7. The van der Waals surface area contributed by atoms with E-state index in [1.165, 1.54) is 37.7 Å². The van der Waals surface area contributed by atoms with Gasteiger partial charge in [0.1, 0.15) is 18.5 Å². The highest BCUT2D eigenvalue weighted by Gasteiger charge is 2.22. The zero-order valence-corrected chi connectivity index (χ0v) is 25.1. The maximum Gasteiger partial charge on any atom is 0.317 e. The van der Waals surface area contributed by atoms with Crippen LogP contribution in [0.5, 0.6) is 5.75 Å². The first-order chi connectivity index (χ1) is 20.1. The molecule has 1 heterocycles. The molecule has 2 aromatic rings. The van der Waals surface area contributed by atoms with Crippen LogP contribution in [0.2, 0.25) is 0 Å². The van der Waals surface area contributed by atoms with E-state index in [9.17, 15) is 9.90 Å². The summed E-state index contributed by atoms with van der Waals surface area (Å²) in [5.41, 5.74) is 3.45. The number of para-hydroxylation sites is 1. The number of aliphatic hydroxyl groups is 1. The number of piperidine rings is 1. The fraction of sp³-hybridized carbons (Fsp3) is 0.559. The number of urea groups is 1. The summed E-state index contributed by atoms with van der Waals surface area (Å²) in [6.07, 6.45) is 12.3. The van der Waals surface area contributed by atoms with Crippen molar-refractivity contribution < 1.29 is 14.6 Å². The van der Waals surface area contributed by atoms with Gasteiger partial charge in [-0.1, -0.05) is 75.4 Å². The van der Waals surface area contributed by atoms with Crippen LogP contribution < -0.4 is 20.7 Å².